The summed E-state index contributed by atoms with van der Waals surface area (Å²) in [6, 6.07) is 8.11. The van der Waals surface area contributed by atoms with Crippen molar-refractivity contribution in [3.63, 3.8) is 0 Å². The maximum absolute atomic E-state index is 12.1. The summed E-state index contributed by atoms with van der Waals surface area (Å²) in [5.74, 6) is 0.618. The van der Waals surface area contributed by atoms with Crippen LogP contribution in [0.5, 0.6) is 0 Å². The van der Waals surface area contributed by atoms with Crippen LogP contribution in [0.4, 0.5) is 10.5 Å². The Morgan fingerprint density at radius 3 is 2.72 bits per heavy atom. The molecule has 0 saturated carbocycles. The Morgan fingerprint density at radius 2 is 2.11 bits per heavy atom. The monoisotopic (exact) mass is 246 g/mol. The van der Waals surface area contributed by atoms with Crippen LogP contribution in [0.2, 0.25) is 0 Å². The van der Waals surface area contributed by atoms with Gasteiger partial charge in [0.1, 0.15) is 0 Å². The summed E-state index contributed by atoms with van der Waals surface area (Å²) in [6.07, 6.45) is 3.37. The van der Waals surface area contributed by atoms with Crippen LogP contribution in [0.25, 0.3) is 0 Å². The smallest absolute Gasteiger partial charge is 0.321 e. The molecule has 1 fully saturated rings. The molecule has 1 N–H and O–H groups in total. The second-order valence-corrected chi connectivity index (χ2v) is 5.17. The van der Waals surface area contributed by atoms with Gasteiger partial charge >= 0.3 is 6.03 Å². The average Bonchev–Trinajstić information content (AvgIpc) is 2.39. The predicted molar refractivity (Wildman–Crippen MR) is 74.8 cm³/mol. The summed E-state index contributed by atoms with van der Waals surface area (Å²) >= 11 is 0. The number of likely N-dealkylation sites (tertiary alicyclic amines) is 1. The number of anilines is 1. The number of nitrogens with one attached hydrogen (secondary N) is 1. The third-order valence-electron chi connectivity index (χ3n) is 3.56. The summed E-state index contributed by atoms with van der Waals surface area (Å²) in [7, 11) is 0. The normalized spacial score (nSPS) is 19.7. The molecule has 0 aromatic heterocycles. The fourth-order valence-electron chi connectivity index (χ4n) is 2.40. The molecule has 1 atom stereocenters. The standard InChI is InChI=1S/C15H22N2O/c1-3-13-6-8-14(9-7-13)16-15(18)17-10-4-5-12(2)11-17/h6-9,12H,3-5,10-11H2,1-2H3,(H,16,18)/t12-/m0/s1. The lowest BCUT2D eigenvalue weighted by Gasteiger charge is -2.30. The highest BCUT2D eigenvalue weighted by atomic mass is 16.2. The van der Waals surface area contributed by atoms with E-state index in [0.29, 0.717) is 5.92 Å². The van der Waals surface area contributed by atoms with Crippen molar-refractivity contribution in [2.75, 3.05) is 18.4 Å². The highest BCUT2D eigenvalue weighted by molar-refractivity contribution is 5.89. The molecular formula is C15H22N2O. The molecular weight excluding hydrogens is 224 g/mol. The SMILES string of the molecule is CCc1ccc(NC(=O)N2CCC[C@H](C)C2)cc1. The van der Waals surface area contributed by atoms with Gasteiger partial charge in [0.15, 0.2) is 0 Å². The first-order valence-electron chi connectivity index (χ1n) is 6.84. The molecule has 0 spiro atoms. The molecule has 1 saturated heterocycles. The molecule has 0 aliphatic carbocycles. The number of urea groups is 1. The minimum Gasteiger partial charge on any atom is -0.324 e. The molecule has 0 unspecified atom stereocenters. The van der Waals surface area contributed by atoms with Crippen molar-refractivity contribution in [1.82, 2.24) is 4.90 Å². The molecule has 0 radical (unpaired) electrons. The molecule has 2 amide bonds. The van der Waals surface area contributed by atoms with Gasteiger partial charge in [0, 0.05) is 18.8 Å². The van der Waals surface area contributed by atoms with Gasteiger partial charge in [-0.1, -0.05) is 26.0 Å². The van der Waals surface area contributed by atoms with Gasteiger partial charge in [-0.25, -0.2) is 4.79 Å². The lowest BCUT2D eigenvalue weighted by Crippen LogP contribution is -2.41. The van der Waals surface area contributed by atoms with Crippen LogP contribution >= 0.6 is 0 Å². The van der Waals surface area contributed by atoms with E-state index in [1.165, 1.54) is 12.0 Å². The van der Waals surface area contributed by atoms with Gasteiger partial charge in [-0.15, -0.1) is 0 Å². The Bertz CT molecular complexity index is 399. The summed E-state index contributed by atoms with van der Waals surface area (Å²) in [5.41, 5.74) is 2.18. The van der Waals surface area contributed by atoms with Gasteiger partial charge in [0.2, 0.25) is 0 Å². The van der Waals surface area contributed by atoms with E-state index in [0.717, 1.165) is 31.6 Å². The number of amides is 2. The molecule has 1 aromatic carbocycles. The van der Waals surface area contributed by atoms with Crippen LogP contribution < -0.4 is 5.32 Å². The zero-order chi connectivity index (χ0) is 13.0. The number of rotatable bonds is 2. The lowest BCUT2D eigenvalue weighted by molar-refractivity contribution is 0.182. The van der Waals surface area contributed by atoms with Crippen molar-refractivity contribution in [3.8, 4) is 0 Å². The number of aryl methyl sites for hydroxylation is 1. The summed E-state index contributed by atoms with van der Waals surface area (Å²) in [4.78, 5) is 14.0. The van der Waals surface area contributed by atoms with Gasteiger partial charge in [-0.05, 0) is 42.9 Å². The van der Waals surface area contributed by atoms with E-state index in [4.69, 9.17) is 0 Å². The van der Waals surface area contributed by atoms with Crippen molar-refractivity contribution >= 4 is 11.7 Å². The molecule has 2 rings (SSSR count). The zero-order valence-electron chi connectivity index (χ0n) is 11.3. The summed E-state index contributed by atoms with van der Waals surface area (Å²) in [6.45, 7) is 6.08. The Hall–Kier alpha value is -1.51. The Morgan fingerprint density at radius 1 is 1.39 bits per heavy atom. The quantitative estimate of drug-likeness (QED) is 0.851. The van der Waals surface area contributed by atoms with Crippen LogP contribution in [-0.4, -0.2) is 24.0 Å². The second kappa shape index (κ2) is 5.89. The first-order valence-corrected chi connectivity index (χ1v) is 6.84. The van der Waals surface area contributed by atoms with Gasteiger partial charge in [0.25, 0.3) is 0 Å². The lowest BCUT2D eigenvalue weighted by atomic mass is 10.0. The van der Waals surface area contributed by atoms with Gasteiger partial charge < -0.3 is 10.2 Å². The molecule has 3 heteroatoms. The molecule has 3 nitrogen and oxygen atoms in total. The third-order valence-corrected chi connectivity index (χ3v) is 3.56. The molecule has 18 heavy (non-hydrogen) atoms. The number of carbonyl (C=O) groups is 1. The molecule has 1 aromatic rings. The number of carbonyl (C=O) groups excluding carboxylic acids is 1. The van der Waals surface area contributed by atoms with Crippen LogP contribution in [-0.2, 0) is 6.42 Å². The van der Waals surface area contributed by atoms with Crippen molar-refractivity contribution in [2.24, 2.45) is 5.92 Å². The highest BCUT2D eigenvalue weighted by Crippen LogP contribution is 2.17. The number of piperidine rings is 1. The van der Waals surface area contributed by atoms with Crippen molar-refractivity contribution < 1.29 is 4.79 Å². The van der Waals surface area contributed by atoms with Gasteiger partial charge in [0.05, 0.1) is 0 Å². The molecule has 1 aliphatic heterocycles. The van der Waals surface area contributed by atoms with Crippen LogP contribution in [0.3, 0.4) is 0 Å². The minimum atomic E-state index is 0.0331. The fourth-order valence-corrected chi connectivity index (χ4v) is 2.40. The van der Waals surface area contributed by atoms with Crippen molar-refractivity contribution in [2.45, 2.75) is 33.1 Å². The summed E-state index contributed by atoms with van der Waals surface area (Å²) < 4.78 is 0. The predicted octanol–water partition coefficient (Wildman–Crippen LogP) is 3.51. The highest BCUT2D eigenvalue weighted by Gasteiger charge is 2.20. The molecule has 0 bridgehead atoms. The van der Waals surface area contributed by atoms with Crippen LogP contribution in [0.1, 0.15) is 32.3 Å². The number of hydrogen-bond acceptors (Lipinski definition) is 1. The minimum absolute atomic E-state index is 0.0331. The fraction of sp³-hybridized carbons (Fsp3) is 0.533. The first-order chi connectivity index (χ1) is 8.69. The molecule has 1 heterocycles. The Labute approximate surface area is 109 Å². The van der Waals surface area contributed by atoms with Crippen molar-refractivity contribution in [1.29, 1.82) is 0 Å². The Balaban J connectivity index is 1.93. The molecule has 98 valence electrons. The first kappa shape index (κ1) is 12.9. The molecule has 1 aliphatic rings. The summed E-state index contributed by atoms with van der Waals surface area (Å²) in [5, 5.41) is 2.97. The van der Waals surface area contributed by atoms with E-state index < -0.39 is 0 Å². The van der Waals surface area contributed by atoms with Crippen LogP contribution in [0, 0.1) is 5.92 Å². The van der Waals surface area contributed by atoms with E-state index in [9.17, 15) is 4.79 Å². The maximum atomic E-state index is 12.1. The largest absolute Gasteiger partial charge is 0.324 e. The van der Waals surface area contributed by atoms with E-state index in [1.807, 2.05) is 17.0 Å². The van der Waals surface area contributed by atoms with E-state index in [1.54, 1.807) is 0 Å². The number of benzene rings is 1. The zero-order valence-corrected chi connectivity index (χ0v) is 11.3. The second-order valence-electron chi connectivity index (χ2n) is 5.17. The maximum Gasteiger partial charge on any atom is 0.321 e. The average molecular weight is 246 g/mol. The van der Waals surface area contributed by atoms with Gasteiger partial charge in [-0.2, -0.15) is 0 Å². The number of hydrogen-bond donors (Lipinski definition) is 1. The topological polar surface area (TPSA) is 32.3 Å². The third kappa shape index (κ3) is 3.25. The Kier molecular flexibility index (Phi) is 4.24. The van der Waals surface area contributed by atoms with Crippen molar-refractivity contribution in [3.05, 3.63) is 29.8 Å². The van der Waals surface area contributed by atoms with E-state index >= 15 is 0 Å². The van der Waals surface area contributed by atoms with E-state index in [-0.39, 0.29) is 6.03 Å². The van der Waals surface area contributed by atoms with Gasteiger partial charge in [-0.3, -0.25) is 0 Å². The van der Waals surface area contributed by atoms with E-state index in [2.05, 4.69) is 31.3 Å². The van der Waals surface area contributed by atoms with Crippen LogP contribution in [0.15, 0.2) is 24.3 Å². The number of nitrogens with zero attached hydrogens (tertiary/aromatic N) is 1.